The molecule has 0 aliphatic rings. The van der Waals surface area contributed by atoms with E-state index < -0.39 is 34.4 Å². The molecule has 0 bridgehead atoms. The number of thiazole rings is 1. The third-order valence-electron chi connectivity index (χ3n) is 4.02. The van der Waals surface area contributed by atoms with Crippen molar-refractivity contribution >= 4 is 32.7 Å². The predicted molar refractivity (Wildman–Crippen MR) is 89.6 cm³/mol. The van der Waals surface area contributed by atoms with Crippen molar-refractivity contribution in [2.75, 3.05) is 0 Å². The SMILES string of the molecule is Cc1cc(-n2c(C(F)(F)F)nc3ccc(C(F)(F)F)nc32)cc2sc(=O)[nH]c12. The summed E-state index contributed by atoms with van der Waals surface area (Å²) in [7, 11) is 0. The number of H-pyrrole nitrogens is 1. The number of hydrogen-bond donors (Lipinski definition) is 1. The summed E-state index contributed by atoms with van der Waals surface area (Å²) in [5.74, 6) is -1.41. The van der Waals surface area contributed by atoms with Crippen LogP contribution in [0.5, 0.6) is 0 Å². The van der Waals surface area contributed by atoms with E-state index in [0.29, 0.717) is 26.4 Å². The molecule has 4 aromatic rings. The Kier molecular flexibility index (Phi) is 3.83. The van der Waals surface area contributed by atoms with Gasteiger partial charge in [-0.3, -0.25) is 9.36 Å². The summed E-state index contributed by atoms with van der Waals surface area (Å²) in [6.45, 7) is 1.56. The van der Waals surface area contributed by atoms with Crippen molar-refractivity contribution in [3.8, 4) is 5.69 Å². The molecule has 5 nitrogen and oxygen atoms in total. The van der Waals surface area contributed by atoms with Crippen LogP contribution in [0.15, 0.2) is 29.1 Å². The maximum Gasteiger partial charge on any atom is 0.450 e. The van der Waals surface area contributed by atoms with E-state index in [1.54, 1.807) is 6.92 Å². The molecule has 0 amide bonds. The van der Waals surface area contributed by atoms with Gasteiger partial charge in [-0.2, -0.15) is 26.3 Å². The normalized spacial score (nSPS) is 13.0. The molecule has 12 heteroatoms. The number of fused-ring (bicyclic) bond motifs is 2. The Hall–Kier alpha value is -2.89. The van der Waals surface area contributed by atoms with E-state index in [2.05, 4.69) is 15.0 Å². The van der Waals surface area contributed by atoms with Crippen LogP contribution >= 0.6 is 11.3 Å². The van der Waals surface area contributed by atoms with Crippen molar-refractivity contribution in [2.24, 2.45) is 0 Å². The molecule has 0 aliphatic heterocycles. The topological polar surface area (TPSA) is 63.6 Å². The predicted octanol–water partition coefficient (Wildman–Crippen LogP) is 4.67. The molecule has 3 heterocycles. The molecule has 0 radical (unpaired) electrons. The highest BCUT2D eigenvalue weighted by molar-refractivity contribution is 7.16. The molecule has 0 unspecified atom stereocenters. The van der Waals surface area contributed by atoms with Crippen molar-refractivity contribution in [3.63, 3.8) is 0 Å². The van der Waals surface area contributed by atoms with Crippen molar-refractivity contribution < 1.29 is 26.3 Å². The number of imidazole rings is 1. The van der Waals surface area contributed by atoms with Gasteiger partial charge in [-0.1, -0.05) is 11.3 Å². The fraction of sp³-hybridized carbons (Fsp3) is 0.188. The van der Waals surface area contributed by atoms with Gasteiger partial charge in [0.1, 0.15) is 11.2 Å². The molecule has 3 aromatic heterocycles. The second kappa shape index (κ2) is 5.80. The van der Waals surface area contributed by atoms with Crippen LogP contribution in [0.2, 0.25) is 0 Å². The number of pyridine rings is 1. The van der Waals surface area contributed by atoms with Gasteiger partial charge in [0.2, 0.25) is 5.82 Å². The molecule has 28 heavy (non-hydrogen) atoms. The minimum Gasteiger partial charge on any atom is -0.312 e. The second-order valence-corrected chi connectivity index (χ2v) is 6.97. The molecule has 146 valence electrons. The van der Waals surface area contributed by atoms with Crippen LogP contribution in [0, 0.1) is 6.92 Å². The van der Waals surface area contributed by atoms with Gasteiger partial charge >= 0.3 is 17.2 Å². The van der Waals surface area contributed by atoms with Crippen molar-refractivity contribution in [3.05, 3.63) is 51.0 Å². The van der Waals surface area contributed by atoms with Gasteiger partial charge in [0.05, 0.1) is 15.9 Å². The number of aromatic amines is 1. The number of aromatic nitrogens is 4. The van der Waals surface area contributed by atoms with Crippen LogP contribution in [0.4, 0.5) is 26.3 Å². The highest BCUT2D eigenvalue weighted by atomic mass is 32.1. The smallest absolute Gasteiger partial charge is 0.312 e. The first-order chi connectivity index (χ1) is 12.9. The Morgan fingerprint density at radius 3 is 2.39 bits per heavy atom. The molecule has 1 N–H and O–H groups in total. The largest absolute Gasteiger partial charge is 0.450 e. The van der Waals surface area contributed by atoms with Gasteiger partial charge in [0, 0.05) is 0 Å². The fourth-order valence-electron chi connectivity index (χ4n) is 2.88. The summed E-state index contributed by atoms with van der Waals surface area (Å²) in [6, 6.07) is 4.02. The lowest BCUT2D eigenvalue weighted by molar-refractivity contribution is -0.145. The fourth-order valence-corrected chi connectivity index (χ4v) is 3.73. The summed E-state index contributed by atoms with van der Waals surface area (Å²) in [5.41, 5.74) is -1.45. The first kappa shape index (κ1) is 18.5. The van der Waals surface area contributed by atoms with Crippen molar-refractivity contribution in [2.45, 2.75) is 19.3 Å². The Labute approximate surface area is 155 Å². The molecule has 0 aliphatic carbocycles. The number of benzene rings is 1. The van der Waals surface area contributed by atoms with Gasteiger partial charge in [0.25, 0.3) is 0 Å². The zero-order chi connectivity index (χ0) is 20.4. The molecule has 0 saturated carbocycles. The minimum atomic E-state index is -4.94. The number of nitrogens with one attached hydrogen (secondary N) is 1. The van der Waals surface area contributed by atoms with E-state index in [9.17, 15) is 31.1 Å². The molecule has 0 spiro atoms. The van der Waals surface area contributed by atoms with Crippen LogP contribution in [0.25, 0.3) is 27.1 Å². The lowest BCUT2D eigenvalue weighted by atomic mass is 10.2. The first-order valence-corrected chi connectivity index (χ1v) is 8.44. The Balaban J connectivity index is 2.10. The zero-order valence-corrected chi connectivity index (χ0v) is 14.6. The molecular formula is C16H8F6N4OS. The standard InChI is InChI=1S/C16H8F6N4OS/c1-6-4-7(5-9-11(6)25-14(27)28-9)26-12-8(23-13(26)16(20,21)22)2-3-10(24-12)15(17,18)19/h2-5H,1H3,(H,25,27). The number of halogens is 6. The quantitative estimate of drug-likeness (QED) is 0.457. The van der Waals surface area contributed by atoms with E-state index in [-0.39, 0.29) is 11.2 Å². The Morgan fingerprint density at radius 1 is 1.04 bits per heavy atom. The lowest BCUT2D eigenvalue weighted by Crippen LogP contribution is -2.15. The lowest BCUT2D eigenvalue weighted by Gasteiger charge is -2.12. The zero-order valence-electron chi connectivity index (χ0n) is 13.7. The van der Waals surface area contributed by atoms with Gasteiger partial charge < -0.3 is 4.98 Å². The number of hydrogen-bond acceptors (Lipinski definition) is 4. The number of nitrogens with zero attached hydrogens (tertiary/aromatic N) is 3. The molecule has 0 saturated heterocycles. The summed E-state index contributed by atoms with van der Waals surface area (Å²) in [4.78, 5) is 20.5. The maximum absolute atomic E-state index is 13.5. The van der Waals surface area contributed by atoms with E-state index in [1.807, 2.05) is 0 Å². The summed E-state index contributed by atoms with van der Waals surface area (Å²) in [5, 5.41) is 0. The Morgan fingerprint density at radius 2 is 1.75 bits per heavy atom. The minimum absolute atomic E-state index is 0.0955. The second-order valence-electron chi connectivity index (χ2n) is 5.96. The molecule has 0 fully saturated rings. The van der Waals surface area contributed by atoms with Crippen LogP contribution in [0.1, 0.15) is 17.1 Å². The van der Waals surface area contributed by atoms with Gasteiger partial charge in [0.15, 0.2) is 5.65 Å². The van der Waals surface area contributed by atoms with Crippen LogP contribution in [0.3, 0.4) is 0 Å². The average Bonchev–Trinajstić information content (AvgIpc) is 3.13. The first-order valence-electron chi connectivity index (χ1n) is 7.63. The molecule has 1 aromatic carbocycles. The van der Waals surface area contributed by atoms with E-state index in [4.69, 9.17) is 0 Å². The summed E-state index contributed by atoms with van der Waals surface area (Å²) < 4.78 is 80.5. The van der Waals surface area contributed by atoms with E-state index in [0.717, 1.165) is 17.4 Å². The van der Waals surface area contributed by atoms with Gasteiger partial charge in [-0.15, -0.1) is 0 Å². The van der Waals surface area contributed by atoms with E-state index >= 15 is 0 Å². The van der Waals surface area contributed by atoms with Gasteiger partial charge in [-0.05, 0) is 36.8 Å². The third kappa shape index (κ3) is 2.93. The maximum atomic E-state index is 13.5. The highest BCUT2D eigenvalue weighted by Gasteiger charge is 2.40. The van der Waals surface area contributed by atoms with Crippen molar-refractivity contribution in [1.82, 2.24) is 19.5 Å². The molecule has 4 rings (SSSR count). The van der Waals surface area contributed by atoms with Crippen molar-refractivity contribution in [1.29, 1.82) is 0 Å². The number of rotatable bonds is 1. The molecular weight excluding hydrogens is 410 g/mol. The van der Waals surface area contributed by atoms with Crippen LogP contribution < -0.4 is 4.87 Å². The summed E-state index contributed by atoms with van der Waals surface area (Å²) in [6.07, 6.45) is -9.77. The third-order valence-corrected chi connectivity index (χ3v) is 4.85. The highest BCUT2D eigenvalue weighted by Crippen LogP contribution is 2.36. The summed E-state index contributed by atoms with van der Waals surface area (Å²) >= 11 is 0.777. The number of aryl methyl sites for hydroxylation is 1. The molecule has 0 atom stereocenters. The van der Waals surface area contributed by atoms with Gasteiger partial charge in [-0.25, -0.2) is 9.97 Å². The van der Waals surface area contributed by atoms with Crippen LogP contribution in [-0.4, -0.2) is 19.5 Å². The number of alkyl halides is 6. The van der Waals surface area contributed by atoms with Crippen LogP contribution in [-0.2, 0) is 12.4 Å². The van der Waals surface area contributed by atoms with E-state index in [1.165, 1.54) is 12.1 Å². The average molecular weight is 418 g/mol. The monoisotopic (exact) mass is 418 g/mol. The Bertz CT molecular complexity index is 1280.